The van der Waals surface area contributed by atoms with E-state index in [1.807, 2.05) is 28.9 Å². The van der Waals surface area contributed by atoms with Crippen LogP contribution in [0.3, 0.4) is 0 Å². The van der Waals surface area contributed by atoms with Gasteiger partial charge in [0.2, 0.25) is 0 Å². The average Bonchev–Trinajstić information content (AvgIpc) is 3.34. The van der Waals surface area contributed by atoms with Crippen LogP contribution in [-0.2, 0) is 0 Å². The number of rotatable bonds is 2. The molecule has 0 spiro atoms. The molecule has 0 aliphatic rings. The Hall–Kier alpha value is -3.01. The van der Waals surface area contributed by atoms with E-state index < -0.39 is 0 Å². The zero-order valence-corrected chi connectivity index (χ0v) is 20.2. The number of hydrogen-bond donors (Lipinski definition) is 0. The molecule has 0 bridgehead atoms. The fraction of sp³-hybridized carbons (Fsp3) is 0.138. The highest BCUT2D eigenvalue weighted by molar-refractivity contribution is 7.26. The summed E-state index contributed by atoms with van der Waals surface area (Å²) in [5, 5.41) is 4.01. The van der Waals surface area contributed by atoms with Gasteiger partial charge < -0.3 is 0 Å². The second-order valence-electron chi connectivity index (χ2n) is 8.73. The Morgan fingerprint density at radius 3 is 2.31 bits per heavy atom. The van der Waals surface area contributed by atoms with Crippen molar-refractivity contribution in [1.29, 1.82) is 0 Å². The molecule has 0 atom stereocenters. The van der Waals surface area contributed by atoms with E-state index in [0.29, 0.717) is 0 Å². The van der Waals surface area contributed by atoms with Crippen molar-refractivity contribution in [2.45, 2.75) is 27.7 Å². The van der Waals surface area contributed by atoms with Crippen LogP contribution in [-0.4, -0.2) is 4.98 Å². The number of pyridine rings is 1. The molecule has 0 fully saturated rings. The lowest BCUT2D eigenvalue weighted by Gasteiger charge is -2.09. The van der Waals surface area contributed by atoms with Crippen molar-refractivity contribution in [3.8, 4) is 21.7 Å². The fourth-order valence-electron chi connectivity index (χ4n) is 4.97. The number of benzene rings is 3. The van der Waals surface area contributed by atoms with Crippen molar-refractivity contribution in [1.82, 2.24) is 4.98 Å². The standard InChI is InChI=1S/C29H23NS2/c1-16-11-17(2)13-21(12-16)27-29-20(9-10-30-27)15-25(32-29)26-18(3)14-23-22-7-5-6-8-24(22)31-28(23)19(26)4/h5-15H,1-4H3. The third kappa shape index (κ3) is 3.00. The molecule has 0 unspecified atom stereocenters. The fourth-order valence-corrected chi connectivity index (χ4v) is 7.49. The monoisotopic (exact) mass is 449 g/mol. The molecule has 3 aromatic carbocycles. The van der Waals surface area contributed by atoms with Crippen LogP contribution in [0.4, 0.5) is 0 Å². The molecule has 6 rings (SSSR count). The second-order valence-corrected chi connectivity index (χ2v) is 10.8. The molecule has 3 aromatic heterocycles. The zero-order chi connectivity index (χ0) is 22.0. The van der Waals surface area contributed by atoms with Gasteiger partial charge in [0, 0.05) is 36.8 Å². The van der Waals surface area contributed by atoms with Gasteiger partial charge in [-0.05, 0) is 86.2 Å². The minimum absolute atomic E-state index is 1.09. The van der Waals surface area contributed by atoms with Gasteiger partial charge in [-0.2, -0.15) is 0 Å². The van der Waals surface area contributed by atoms with Crippen LogP contribution in [0.5, 0.6) is 0 Å². The van der Waals surface area contributed by atoms with Crippen molar-refractivity contribution in [3.63, 3.8) is 0 Å². The quantitative estimate of drug-likeness (QED) is 0.257. The molecule has 0 saturated carbocycles. The summed E-state index contributed by atoms with van der Waals surface area (Å²) in [7, 11) is 0. The first kappa shape index (κ1) is 19.7. The molecule has 0 amide bonds. The van der Waals surface area contributed by atoms with Crippen molar-refractivity contribution < 1.29 is 0 Å². The number of aryl methyl sites for hydroxylation is 4. The van der Waals surface area contributed by atoms with Gasteiger partial charge in [-0.3, -0.25) is 4.98 Å². The topological polar surface area (TPSA) is 12.9 Å². The van der Waals surface area contributed by atoms with Gasteiger partial charge in [0.1, 0.15) is 0 Å². The summed E-state index contributed by atoms with van der Waals surface area (Å²) in [6.45, 7) is 8.85. The summed E-state index contributed by atoms with van der Waals surface area (Å²) in [6, 6.07) is 22.3. The normalized spacial score (nSPS) is 11.8. The predicted octanol–water partition coefficient (Wildman–Crippen LogP) is 9.23. The molecule has 1 nitrogen and oxygen atoms in total. The lowest BCUT2D eigenvalue weighted by Crippen LogP contribution is -1.86. The molecule has 3 heteroatoms. The molecule has 32 heavy (non-hydrogen) atoms. The van der Waals surface area contributed by atoms with Crippen LogP contribution in [0.1, 0.15) is 22.3 Å². The summed E-state index contributed by atoms with van der Waals surface area (Å²) in [5.41, 5.74) is 8.94. The van der Waals surface area contributed by atoms with Crippen LogP contribution in [0, 0.1) is 27.7 Å². The van der Waals surface area contributed by atoms with Crippen molar-refractivity contribution >= 4 is 52.9 Å². The molecule has 3 heterocycles. The third-order valence-electron chi connectivity index (χ3n) is 6.28. The lowest BCUT2D eigenvalue weighted by molar-refractivity contribution is 1.33. The Bertz CT molecular complexity index is 1650. The summed E-state index contributed by atoms with van der Waals surface area (Å²) in [4.78, 5) is 6.13. The summed E-state index contributed by atoms with van der Waals surface area (Å²) >= 11 is 3.78. The second kappa shape index (κ2) is 7.26. The molecule has 0 aliphatic heterocycles. The van der Waals surface area contributed by atoms with Gasteiger partial charge >= 0.3 is 0 Å². The van der Waals surface area contributed by atoms with Crippen LogP contribution in [0.25, 0.3) is 52.0 Å². The summed E-state index contributed by atoms with van der Waals surface area (Å²) in [6.07, 6.45) is 1.95. The van der Waals surface area contributed by atoms with Crippen molar-refractivity contribution in [2.24, 2.45) is 0 Å². The first-order valence-corrected chi connectivity index (χ1v) is 12.5. The molecule has 6 aromatic rings. The van der Waals surface area contributed by atoms with Gasteiger partial charge in [0.25, 0.3) is 0 Å². The van der Waals surface area contributed by atoms with Gasteiger partial charge in [-0.25, -0.2) is 0 Å². The molecule has 156 valence electrons. The molecular weight excluding hydrogens is 426 g/mol. The minimum Gasteiger partial charge on any atom is -0.255 e. The Balaban J connectivity index is 1.60. The predicted molar refractivity (Wildman–Crippen MR) is 142 cm³/mol. The van der Waals surface area contributed by atoms with E-state index in [1.165, 1.54) is 68.5 Å². The number of aromatic nitrogens is 1. The van der Waals surface area contributed by atoms with E-state index in [-0.39, 0.29) is 0 Å². The zero-order valence-electron chi connectivity index (χ0n) is 18.6. The van der Waals surface area contributed by atoms with Gasteiger partial charge in [0.15, 0.2) is 0 Å². The summed E-state index contributed by atoms with van der Waals surface area (Å²) < 4.78 is 4.03. The summed E-state index contributed by atoms with van der Waals surface area (Å²) in [5.74, 6) is 0. The number of hydrogen-bond acceptors (Lipinski definition) is 3. The first-order chi connectivity index (χ1) is 15.5. The number of fused-ring (bicyclic) bond motifs is 4. The van der Waals surface area contributed by atoms with E-state index in [9.17, 15) is 0 Å². The largest absolute Gasteiger partial charge is 0.255 e. The van der Waals surface area contributed by atoms with Crippen LogP contribution < -0.4 is 0 Å². The SMILES string of the molecule is Cc1cc(C)cc(-c2nccc3cc(-c4c(C)cc5c(sc6ccccc65)c4C)sc23)c1. The third-order valence-corrected chi connectivity index (χ3v) is 8.76. The highest BCUT2D eigenvalue weighted by Gasteiger charge is 2.17. The maximum Gasteiger partial charge on any atom is 0.0880 e. The minimum atomic E-state index is 1.09. The highest BCUT2D eigenvalue weighted by atomic mass is 32.1. The molecular formula is C29H23NS2. The van der Waals surface area contributed by atoms with E-state index in [4.69, 9.17) is 4.98 Å². The Morgan fingerprint density at radius 2 is 1.50 bits per heavy atom. The van der Waals surface area contributed by atoms with Gasteiger partial charge in [-0.1, -0.05) is 35.4 Å². The smallest absolute Gasteiger partial charge is 0.0880 e. The van der Waals surface area contributed by atoms with Gasteiger partial charge in [0.05, 0.1) is 10.4 Å². The Kier molecular flexibility index (Phi) is 4.46. The first-order valence-electron chi connectivity index (χ1n) is 10.9. The Morgan fingerprint density at radius 1 is 0.719 bits per heavy atom. The highest BCUT2D eigenvalue weighted by Crippen LogP contribution is 2.45. The van der Waals surface area contributed by atoms with Crippen molar-refractivity contribution in [2.75, 3.05) is 0 Å². The van der Waals surface area contributed by atoms with Crippen LogP contribution >= 0.6 is 22.7 Å². The Labute approximate surface area is 196 Å². The maximum absolute atomic E-state index is 4.80. The molecule has 0 saturated heterocycles. The lowest BCUT2D eigenvalue weighted by atomic mass is 9.97. The van der Waals surface area contributed by atoms with Gasteiger partial charge in [-0.15, -0.1) is 22.7 Å². The van der Waals surface area contributed by atoms with Crippen LogP contribution in [0.15, 0.2) is 66.9 Å². The van der Waals surface area contributed by atoms with E-state index in [1.54, 1.807) is 0 Å². The molecule has 0 radical (unpaired) electrons. The van der Waals surface area contributed by atoms with E-state index >= 15 is 0 Å². The number of thiophene rings is 2. The van der Waals surface area contributed by atoms with Crippen LogP contribution in [0.2, 0.25) is 0 Å². The van der Waals surface area contributed by atoms with E-state index in [0.717, 1.165) is 5.69 Å². The average molecular weight is 450 g/mol. The molecule has 0 aliphatic carbocycles. The maximum atomic E-state index is 4.80. The number of nitrogens with zero attached hydrogens (tertiary/aromatic N) is 1. The molecule has 0 N–H and O–H groups in total. The van der Waals surface area contributed by atoms with E-state index in [2.05, 4.69) is 88.4 Å². The van der Waals surface area contributed by atoms with Crippen molar-refractivity contribution in [3.05, 3.63) is 89.1 Å².